The predicted molar refractivity (Wildman–Crippen MR) is 19.2 cm³/mol. The molecule has 0 spiro atoms. The van der Waals surface area contributed by atoms with Crippen LogP contribution in [-0.2, 0) is 0 Å². The third-order valence-electron chi connectivity index (χ3n) is 0.144. The molecule has 0 aromatic carbocycles. The van der Waals surface area contributed by atoms with E-state index >= 15 is 0 Å². The molecule has 0 heterocycles. The van der Waals surface area contributed by atoms with Crippen LogP contribution in [0.5, 0.6) is 0 Å². The Hall–Kier alpha value is -0.375. The standard InChI is InChI=1S/C3H3B/c1-2-3-4/h1H3. The normalized spacial score (nSPS) is 3.25. The summed E-state index contributed by atoms with van der Waals surface area (Å²) in [6.45, 7) is 1.69. The summed E-state index contributed by atoms with van der Waals surface area (Å²) in [7, 11) is 4.67. The maximum absolute atomic E-state index is 4.67. The van der Waals surface area contributed by atoms with Crippen LogP contribution in [0.25, 0.3) is 0 Å². The molecule has 0 saturated heterocycles. The Morgan fingerprint density at radius 1 is 1.75 bits per heavy atom. The highest BCUT2D eigenvalue weighted by atomic mass is 13.2. The van der Waals surface area contributed by atoms with Gasteiger partial charge in [-0.3, -0.25) is 0 Å². The smallest absolute Gasteiger partial charge is 0.172 e. The lowest BCUT2D eigenvalue weighted by molar-refractivity contribution is 1.93. The van der Waals surface area contributed by atoms with Gasteiger partial charge in [0.1, 0.15) is 0 Å². The van der Waals surface area contributed by atoms with Gasteiger partial charge in [-0.05, 0) is 6.92 Å². The Bertz CT molecular complexity index is 40.0. The van der Waals surface area contributed by atoms with Crippen molar-refractivity contribution in [2.75, 3.05) is 0 Å². The Balaban J connectivity index is 2.83. The zero-order valence-corrected chi connectivity index (χ0v) is 2.58. The van der Waals surface area contributed by atoms with E-state index in [1.54, 1.807) is 6.92 Å². The van der Waals surface area contributed by atoms with Gasteiger partial charge in [0, 0.05) is 0 Å². The quantitative estimate of drug-likeness (QED) is 0.270. The van der Waals surface area contributed by atoms with Crippen LogP contribution in [0.3, 0.4) is 0 Å². The van der Waals surface area contributed by atoms with E-state index in [2.05, 4.69) is 19.6 Å². The molecule has 0 aliphatic carbocycles. The topological polar surface area (TPSA) is 0 Å². The van der Waals surface area contributed by atoms with Crippen LogP contribution in [0.2, 0.25) is 0 Å². The van der Waals surface area contributed by atoms with Gasteiger partial charge in [-0.25, -0.2) is 0 Å². The second kappa shape index (κ2) is 2.62. The fourth-order valence-electron chi connectivity index (χ4n) is 0. The van der Waals surface area contributed by atoms with E-state index in [9.17, 15) is 0 Å². The fraction of sp³-hybridized carbons (Fsp3) is 0.333. The lowest BCUT2D eigenvalue weighted by Crippen LogP contribution is -1.41. The van der Waals surface area contributed by atoms with Gasteiger partial charge in [-0.15, -0.1) is 5.92 Å². The van der Waals surface area contributed by atoms with Gasteiger partial charge < -0.3 is 0 Å². The molecular formula is C3H3B. The van der Waals surface area contributed by atoms with Crippen LogP contribution in [0.4, 0.5) is 0 Å². The van der Waals surface area contributed by atoms with Crippen molar-refractivity contribution < 1.29 is 0 Å². The van der Waals surface area contributed by atoms with Gasteiger partial charge in [0.15, 0.2) is 7.85 Å². The molecule has 0 aromatic heterocycles. The fourth-order valence-corrected chi connectivity index (χ4v) is 0. The second-order valence-corrected chi connectivity index (χ2v) is 0.394. The van der Waals surface area contributed by atoms with E-state index in [-0.39, 0.29) is 0 Å². The zero-order valence-electron chi connectivity index (χ0n) is 2.58. The molecule has 2 radical (unpaired) electrons. The molecule has 1 heteroatoms. The third kappa shape index (κ3) is 1.62. The average molecular weight is 49.9 g/mol. The molecule has 0 bridgehead atoms. The van der Waals surface area contributed by atoms with Crippen molar-refractivity contribution in [3.05, 3.63) is 0 Å². The summed E-state index contributed by atoms with van der Waals surface area (Å²) < 4.78 is 0. The lowest BCUT2D eigenvalue weighted by Gasteiger charge is -1.40. The monoisotopic (exact) mass is 50.0 g/mol. The van der Waals surface area contributed by atoms with Crippen LogP contribution in [0.15, 0.2) is 0 Å². The summed E-state index contributed by atoms with van der Waals surface area (Å²) >= 11 is 0. The van der Waals surface area contributed by atoms with Gasteiger partial charge in [0.25, 0.3) is 0 Å². The minimum Gasteiger partial charge on any atom is -0.172 e. The molecular weight excluding hydrogens is 46.8 g/mol. The van der Waals surface area contributed by atoms with Crippen molar-refractivity contribution in [1.29, 1.82) is 0 Å². The molecule has 0 aliphatic heterocycles. The molecule has 0 rings (SSSR count). The lowest BCUT2D eigenvalue weighted by atomic mass is 10.2. The van der Waals surface area contributed by atoms with Gasteiger partial charge >= 0.3 is 0 Å². The van der Waals surface area contributed by atoms with Crippen LogP contribution in [-0.4, -0.2) is 7.85 Å². The molecule has 0 amide bonds. The Morgan fingerprint density at radius 3 is 2.00 bits per heavy atom. The second-order valence-electron chi connectivity index (χ2n) is 0.394. The molecule has 4 heavy (non-hydrogen) atoms. The summed E-state index contributed by atoms with van der Waals surface area (Å²) in [6, 6.07) is 0. The van der Waals surface area contributed by atoms with Gasteiger partial charge in [-0.1, -0.05) is 0 Å². The summed E-state index contributed by atoms with van der Waals surface area (Å²) in [5.41, 5.74) is 0. The van der Waals surface area contributed by atoms with Gasteiger partial charge in [0.2, 0.25) is 0 Å². The first kappa shape index (κ1) is 3.62. The van der Waals surface area contributed by atoms with E-state index < -0.39 is 0 Å². The molecule has 0 atom stereocenters. The molecule has 0 saturated carbocycles. The number of hydrogen-bond donors (Lipinski definition) is 0. The highest BCUT2D eigenvalue weighted by Crippen LogP contribution is 1.32. The minimum atomic E-state index is 1.69. The summed E-state index contributed by atoms with van der Waals surface area (Å²) in [5, 5.41) is 0. The van der Waals surface area contributed by atoms with E-state index in [0.717, 1.165) is 0 Å². The minimum absolute atomic E-state index is 1.69. The molecule has 0 aliphatic rings. The van der Waals surface area contributed by atoms with Crippen molar-refractivity contribution in [3.63, 3.8) is 0 Å². The molecule has 0 aromatic rings. The van der Waals surface area contributed by atoms with E-state index in [0.29, 0.717) is 0 Å². The van der Waals surface area contributed by atoms with Crippen molar-refractivity contribution in [3.8, 4) is 11.7 Å². The highest BCUT2D eigenvalue weighted by Gasteiger charge is 1.28. The van der Waals surface area contributed by atoms with Crippen molar-refractivity contribution in [1.82, 2.24) is 0 Å². The van der Waals surface area contributed by atoms with E-state index in [1.807, 2.05) is 0 Å². The first-order chi connectivity index (χ1) is 1.91. The van der Waals surface area contributed by atoms with Crippen LogP contribution in [0, 0.1) is 11.7 Å². The zero-order chi connectivity index (χ0) is 3.41. The van der Waals surface area contributed by atoms with Crippen molar-refractivity contribution >= 4 is 7.85 Å². The summed E-state index contributed by atoms with van der Waals surface area (Å²) in [5.74, 6) is 4.64. The number of rotatable bonds is 0. The largest absolute Gasteiger partial charge is 0.187 e. The SMILES string of the molecule is [B]C#CC. The van der Waals surface area contributed by atoms with Gasteiger partial charge in [0.05, 0.1) is 0 Å². The first-order valence-corrected chi connectivity index (χ1v) is 1.04. The van der Waals surface area contributed by atoms with Crippen LogP contribution < -0.4 is 0 Å². The molecule has 0 N–H and O–H groups in total. The first-order valence-electron chi connectivity index (χ1n) is 1.04. The Labute approximate surface area is 27.6 Å². The molecule has 0 nitrogen and oxygen atoms in total. The molecule has 18 valence electrons. The van der Waals surface area contributed by atoms with E-state index in [1.165, 1.54) is 0 Å². The molecule has 0 fully saturated rings. The summed E-state index contributed by atoms with van der Waals surface area (Å²) in [4.78, 5) is 0. The van der Waals surface area contributed by atoms with Crippen LogP contribution in [0.1, 0.15) is 6.92 Å². The van der Waals surface area contributed by atoms with Gasteiger partial charge in [-0.2, -0.15) is 5.82 Å². The van der Waals surface area contributed by atoms with Crippen LogP contribution >= 0.6 is 0 Å². The molecule has 0 unspecified atom stereocenters. The summed E-state index contributed by atoms with van der Waals surface area (Å²) in [6.07, 6.45) is 0. The van der Waals surface area contributed by atoms with Crippen molar-refractivity contribution in [2.24, 2.45) is 0 Å². The van der Waals surface area contributed by atoms with Crippen molar-refractivity contribution in [2.45, 2.75) is 6.92 Å². The Kier molecular flexibility index (Phi) is 2.38. The Morgan fingerprint density at radius 2 is 2.00 bits per heavy atom. The average Bonchev–Trinajstić information content (AvgIpc) is 1.37. The highest BCUT2D eigenvalue weighted by molar-refractivity contribution is 6.22. The number of hydrogen-bond acceptors (Lipinski definition) is 0. The maximum Gasteiger partial charge on any atom is 0.187 e. The maximum atomic E-state index is 4.67. The third-order valence-corrected chi connectivity index (χ3v) is 0.144. The van der Waals surface area contributed by atoms with E-state index in [4.69, 9.17) is 0 Å². The predicted octanol–water partition coefficient (Wildman–Crippen LogP) is 0.136.